The van der Waals surface area contributed by atoms with Crippen LogP contribution in [0.25, 0.3) is 0 Å². The third-order valence-corrected chi connectivity index (χ3v) is 4.90. The van der Waals surface area contributed by atoms with E-state index in [0.29, 0.717) is 12.1 Å². The van der Waals surface area contributed by atoms with Crippen LogP contribution in [0, 0.1) is 6.92 Å². The second-order valence-corrected chi connectivity index (χ2v) is 6.79. The molecular weight excluding hydrogens is 326 g/mol. The molecule has 26 heavy (non-hydrogen) atoms. The Morgan fingerprint density at radius 1 is 1.04 bits per heavy atom. The first kappa shape index (κ1) is 18.2. The Bertz CT molecular complexity index is 798. The lowest BCUT2D eigenvalue weighted by Gasteiger charge is -2.16. The maximum Gasteiger partial charge on any atom is 0.338 e. The first-order valence-electron chi connectivity index (χ1n) is 9.23. The van der Waals surface area contributed by atoms with Crippen LogP contribution >= 0.6 is 0 Å². The number of aryl methyl sites for hydroxylation is 3. The van der Waals surface area contributed by atoms with Crippen molar-refractivity contribution in [3.05, 3.63) is 70.3 Å². The van der Waals surface area contributed by atoms with E-state index in [1.54, 1.807) is 6.07 Å². The number of hydrogen-bond donors (Lipinski definition) is 1. The van der Waals surface area contributed by atoms with Crippen LogP contribution < -0.4 is 5.32 Å². The van der Waals surface area contributed by atoms with Gasteiger partial charge in [-0.25, -0.2) is 4.79 Å². The molecular formula is C22H25NO3. The predicted octanol–water partition coefficient (Wildman–Crippen LogP) is 3.39. The van der Waals surface area contributed by atoms with Crippen LogP contribution in [0.4, 0.5) is 0 Å². The van der Waals surface area contributed by atoms with Gasteiger partial charge in [-0.15, -0.1) is 0 Å². The Hall–Kier alpha value is -2.62. The average molecular weight is 351 g/mol. The fourth-order valence-electron chi connectivity index (χ4n) is 3.35. The molecule has 1 N–H and O–H groups in total. The molecule has 0 saturated heterocycles. The maximum absolute atomic E-state index is 12.2. The smallest absolute Gasteiger partial charge is 0.338 e. The molecule has 136 valence electrons. The molecule has 0 atom stereocenters. The number of ether oxygens (including phenoxy) is 1. The number of carbonyl (C=O) groups is 2. The normalized spacial score (nSPS) is 13.0. The Kier molecular flexibility index (Phi) is 6.05. The molecule has 1 aliphatic rings. The Labute approximate surface area is 154 Å². The highest BCUT2D eigenvalue weighted by Crippen LogP contribution is 2.22. The minimum absolute atomic E-state index is 0.246. The first-order valence-corrected chi connectivity index (χ1v) is 9.23. The van der Waals surface area contributed by atoms with E-state index in [1.165, 1.54) is 28.7 Å². The molecule has 3 rings (SSSR count). The number of amides is 1. The SMILES string of the molecule is Cc1ccccc1CCNC(=O)COC(=O)c1ccc2c(c1)CCCC2. The molecule has 2 aromatic carbocycles. The van der Waals surface area contributed by atoms with Crippen molar-refractivity contribution in [3.63, 3.8) is 0 Å². The molecule has 0 spiro atoms. The van der Waals surface area contributed by atoms with Crippen molar-refractivity contribution in [2.45, 2.75) is 39.0 Å². The van der Waals surface area contributed by atoms with Crippen LogP contribution in [0.1, 0.15) is 45.5 Å². The summed E-state index contributed by atoms with van der Waals surface area (Å²) in [5.74, 6) is -0.711. The highest BCUT2D eigenvalue weighted by Gasteiger charge is 2.14. The molecule has 1 amide bonds. The number of fused-ring (bicyclic) bond motifs is 1. The Morgan fingerprint density at radius 3 is 2.62 bits per heavy atom. The molecule has 0 unspecified atom stereocenters. The number of nitrogens with one attached hydrogen (secondary N) is 1. The van der Waals surface area contributed by atoms with E-state index in [2.05, 4.69) is 24.4 Å². The minimum Gasteiger partial charge on any atom is -0.452 e. The second-order valence-electron chi connectivity index (χ2n) is 6.79. The zero-order valence-corrected chi connectivity index (χ0v) is 15.2. The zero-order chi connectivity index (χ0) is 18.4. The van der Waals surface area contributed by atoms with Gasteiger partial charge in [0.15, 0.2) is 6.61 Å². The number of hydrogen-bond acceptors (Lipinski definition) is 3. The summed E-state index contributed by atoms with van der Waals surface area (Å²) in [5.41, 5.74) is 5.49. The van der Waals surface area contributed by atoms with Gasteiger partial charge in [0.1, 0.15) is 0 Å². The van der Waals surface area contributed by atoms with Crippen molar-refractivity contribution >= 4 is 11.9 Å². The van der Waals surface area contributed by atoms with Crippen molar-refractivity contribution < 1.29 is 14.3 Å². The molecule has 4 nitrogen and oxygen atoms in total. The van der Waals surface area contributed by atoms with E-state index in [-0.39, 0.29) is 12.5 Å². The standard InChI is InChI=1S/C22H25NO3/c1-16-6-2-3-7-17(16)12-13-23-21(24)15-26-22(25)20-11-10-18-8-4-5-9-19(18)14-20/h2-3,6-7,10-11,14H,4-5,8-9,12-13,15H2,1H3,(H,23,24). The molecule has 0 saturated carbocycles. The largest absolute Gasteiger partial charge is 0.452 e. The number of carbonyl (C=O) groups excluding carboxylic acids is 2. The van der Waals surface area contributed by atoms with Gasteiger partial charge in [0.2, 0.25) is 0 Å². The van der Waals surface area contributed by atoms with E-state index in [0.717, 1.165) is 25.7 Å². The van der Waals surface area contributed by atoms with Crippen molar-refractivity contribution in [2.75, 3.05) is 13.2 Å². The van der Waals surface area contributed by atoms with Gasteiger partial charge in [-0.3, -0.25) is 4.79 Å². The van der Waals surface area contributed by atoms with Crippen LogP contribution in [0.3, 0.4) is 0 Å². The van der Waals surface area contributed by atoms with Crippen LogP contribution in [0.5, 0.6) is 0 Å². The molecule has 4 heteroatoms. The molecule has 0 heterocycles. The zero-order valence-electron chi connectivity index (χ0n) is 15.2. The fraction of sp³-hybridized carbons (Fsp3) is 0.364. The van der Waals surface area contributed by atoms with Crippen LogP contribution in [-0.2, 0) is 28.8 Å². The van der Waals surface area contributed by atoms with Gasteiger partial charge >= 0.3 is 5.97 Å². The van der Waals surface area contributed by atoms with Crippen molar-refractivity contribution in [1.29, 1.82) is 0 Å². The van der Waals surface area contributed by atoms with Gasteiger partial charge in [-0.05, 0) is 73.4 Å². The predicted molar refractivity (Wildman–Crippen MR) is 101 cm³/mol. The van der Waals surface area contributed by atoms with Gasteiger partial charge in [0.25, 0.3) is 5.91 Å². The van der Waals surface area contributed by atoms with E-state index >= 15 is 0 Å². The Morgan fingerprint density at radius 2 is 1.81 bits per heavy atom. The highest BCUT2D eigenvalue weighted by molar-refractivity contribution is 5.91. The molecule has 0 bridgehead atoms. The molecule has 0 radical (unpaired) electrons. The van der Waals surface area contributed by atoms with E-state index < -0.39 is 5.97 Å². The van der Waals surface area contributed by atoms with Crippen LogP contribution in [0.15, 0.2) is 42.5 Å². The van der Waals surface area contributed by atoms with Gasteiger partial charge < -0.3 is 10.1 Å². The lowest BCUT2D eigenvalue weighted by Crippen LogP contribution is -2.30. The van der Waals surface area contributed by atoms with Crippen molar-refractivity contribution in [3.8, 4) is 0 Å². The summed E-state index contributed by atoms with van der Waals surface area (Å²) in [6, 6.07) is 13.8. The summed E-state index contributed by atoms with van der Waals surface area (Å²) in [7, 11) is 0. The molecule has 2 aromatic rings. The summed E-state index contributed by atoms with van der Waals surface area (Å²) < 4.78 is 5.16. The van der Waals surface area contributed by atoms with Gasteiger partial charge in [0, 0.05) is 6.54 Å². The monoisotopic (exact) mass is 351 g/mol. The molecule has 1 aliphatic carbocycles. The van der Waals surface area contributed by atoms with Crippen LogP contribution in [-0.4, -0.2) is 25.0 Å². The summed E-state index contributed by atoms with van der Waals surface area (Å²) in [6.45, 7) is 2.33. The van der Waals surface area contributed by atoms with Crippen molar-refractivity contribution in [2.24, 2.45) is 0 Å². The van der Waals surface area contributed by atoms with Gasteiger partial charge in [0.05, 0.1) is 5.56 Å². The second kappa shape index (κ2) is 8.65. The highest BCUT2D eigenvalue weighted by atomic mass is 16.5. The topological polar surface area (TPSA) is 55.4 Å². The average Bonchev–Trinajstić information content (AvgIpc) is 2.67. The van der Waals surface area contributed by atoms with Gasteiger partial charge in [-0.1, -0.05) is 30.3 Å². The quantitative estimate of drug-likeness (QED) is 0.812. The molecule has 0 fully saturated rings. The first-order chi connectivity index (χ1) is 12.6. The van der Waals surface area contributed by atoms with E-state index in [9.17, 15) is 9.59 Å². The van der Waals surface area contributed by atoms with E-state index in [1.807, 2.05) is 24.3 Å². The van der Waals surface area contributed by atoms with Gasteiger partial charge in [-0.2, -0.15) is 0 Å². The third-order valence-electron chi connectivity index (χ3n) is 4.90. The summed E-state index contributed by atoms with van der Waals surface area (Å²) in [4.78, 5) is 24.1. The summed E-state index contributed by atoms with van der Waals surface area (Å²) >= 11 is 0. The maximum atomic E-state index is 12.2. The third kappa shape index (κ3) is 4.72. The van der Waals surface area contributed by atoms with E-state index in [4.69, 9.17) is 4.74 Å². The lowest BCUT2D eigenvalue weighted by molar-refractivity contribution is -0.124. The van der Waals surface area contributed by atoms with Crippen LogP contribution in [0.2, 0.25) is 0 Å². The summed E-state index contributed by atoms with van der Waals surface area (Å²) in [5, 5.41) is 2.80. The fourth-order valence-corrected chi connectivity index (χ4v) is 3.35. The lowest BCUT2D eigenvalue weighted by atomic mass is 9.90. The number of rotatable bonds is 6. The number of benzene rings is 2. The molecule has 0 aliphatic heterocycles. The Balaban J connectivity index is 1.44. The molecule has 0 aromatic heterocycles. The summed E-state index contributed by atoms with van der Waals surface area (Å²) in [6.07, 6.45) is 5.22. The van der Waals surface area contributed by atoms with Crippen molar-refractivity contribution in [1.82, 2.24) is 5.32 Å². The minimum atomic E-state index is -0.438. The number of esters is 1.